The number of carbonyl (C=O) groups is 2. The van der Waals surface area contributed by atoms with Gasteiger partial charge in [0, 0.05) is 0 Å². The van der Waals surface area contributed by atoms with Gasteiger partial charge in [-0.1, -0.05) is 12.2 Å². The fraction of sp³-hybridized carbons (Fsp3) is 0.636. The lowest BCUT2D eigenvalue weighted by Gasteiger charge is -2.32. The van der Waals surface area contributed by atoms with Crippen LogP contribution in [0.1, 0.15) is 12.8 Å². The van der Waals surface area contributed by atoms with Crippen LogP contribution >= 0.6 is 0 Å². The van der Waals surface area contributed by atoms with E-state index in [1.165, 1.54) is 12.2 Å². The fourth-order valence-corrected chi connectivity index (χ4v) is 2.45. The van der Waals surface area contributed by atoms with E-state index in [0.29, 0.717) is 0 Å². The monoisotopic (exact) mass is 381 g/mol. The van der Waals surface area contributed by atoms with E-state index in [4.69, 9.17) is 5.11 Å². The molecule has 0 saturated heterocycles. The van der Waals surface area contributed by atoms with E-state index < -0.39 is 57.8 Å². The van der Waals surface area contributed by atoms with Crippen LogP contribution in [0.15, 0.2) is 12.2 Å². The fourth-order valence-electron chi connectivity index (χ4n) is 2.01. The van der Waals surface area contributed by atoms with Gasteiger partial charge < -0.3 is 14.4 Å². The normalized spacial score (nSPS) is 23.6. The summed E-state index contributed by atoms with van der Waals surface area (Å²) < 4.78 is 99.1. The minimum Gasteiger partial charge on any atom is -0.743 e. The van der Waals surface area contributed by atoms with Crippen LogP contribution in [0, 0.1) is 11.8 Å². The lowest BCUT2D eigenvalue weighted by atomic mass is 9.83. The molecule has 0 bridgehead atoms. The first-order valence-electron chi connectivity index (χ1n) is 6.18. The average Bonchev–Trinajstić information content (AvgIpc) is 2.41. The third-order valence-electron chi connectivity index (χ3n) is 3.22. The Bertz CT molecular complexity index is 640. The highest BCUT2D eigenvalue weighted by atomic mass is 32.2. The summed E-state index contributed by atoms with van der Waals surface area (Å²) in [6, 6.07) is 0. The molecule has 0 aromatic carbocycles. The molecule has 1 aliphatic carbocycles. The summed E-state index contributed by atoms with van der Waals surface area (Å²) in [5, 5.41) is 2.91. The first-order chi connectivity index (χ1) is 10.7. The topological polar surface area (TPSA) is 121 Å². The number of carbonyl (C=O) groups excluding carboxylic acids is 1. The molecule has 7 nitrogen and oxygen atoms in total. The number of rotatable bonds is 5. The van der Waals surface area contributed by atoms with Crippen LogP contribution in [-0.2, 0) is 24.4 Å². The number of ether oxygens (including phenoxy) is 1. The van der Waals surface area contributed by atoms with Gasteiger partial charge in [0.25, 0.3) is 6.10 Å². The van der Waals surface area contributed by atoms with Crippen LogP contribution in [0.5, 0.6) is 0 Å². The predicted molar refractivity (Wildman–Crippen MR) is 63.6 cm³/mol. The minimum absolute atomic E-state index is 0.262. The number of hydrogen-bond donors (Lipinski definition) is 1. The molecular weight excluding hydrogens is 371 g/mol. The van der Waals surface area contributed by atoms with Gasteiger partial charge in [-0.3, -0.25) is 9.59 Å². The van der Waals surface area contributed by atoms with Crippen LogP contribution in [0.25, 0.3) is 0 Å². The van der Waals surface area contributed by atoms with E-state index in [1.54, 1.807) is 0 Å². The largest absolute Gasteiger partial charge is 0.743 e. The maximum Gasteiger partial charge on any atom is 0.432 e. The molecule has 0 saturated carbocycles. The lowest BCUT2D eigenvalue weighted by Crippen LogP contribution is -2.53. The maximum absolute atomic E-state index is 13.2. The molecule has 0 aliphatic heterocycles. The molecule has 0 spiro atoms. The molecule has 0 aromatic heterocycles. The Hall–Kier alpha value is -1.76. The molecule has 0 radical (unpaired) electrons. The summed E-state index contributed by atoms with van der Waals surface area (Å²) in [5.41, 5.74) is 0. The molecule has 24 heavy (non-hydrogen) atoms. The van der Waals surface area contributed by atoms with Crippen LogP contribution in [0.3, 0.4) is 0 Å². The van der Waals surface area contributed by atoms with Gasteiger partial charge in [-0.2, -0.15) is 22.0 Å². The van der Waals surface area contributed by atoms with Crippen molar-refractivity contribution < 1.29 is 54.4 Å². The molecule has 3 unspecified atom stereocenters. The van der Waals surface area contributed by atoms with Crippen LogP contribution in [0.2, 0.25) is 0 Å². The van der Waals surface area contributed by atoms with Gasteiger partial charge in [0.05, 0.1) is 11.8 Å². The summed E-state index contributed by atoms with van der Waals surface area (Å²) in [5.74, 6) is -6.83. The second kappa shape index (κ2) is 6.63. The van der Waals surface area contributed by atoms with Gasteiger partial charge >= 0.3 is 23.4 Å². The Balaban J connectivity index is 3.14. The molecular formula is C11H10F5O7S-. The van der Waals surface area contributed by atoms with Gasteiger partial charge in [0.1, 0.15) is 0 Å². The SMILES string of the molecule is O=C(O)C1CC=CCC1C(=O)OC(C(F)(F)F)C(F)(F)S(=O)(=O)[O-]. The average molecular weight is 381 g/mol. The highest BCUT2D eigenvalue weighted by molar-refractivity contribution is 7.86. The summed E-state index contributed by atoms with van der Waals surface area (Å²) in [4.78, 5) is 22.6. The zero-order valence-corrected chi connectivity index (χ0v) is 12.3. The van der Waals surface area contributed by atoms with Crippen molar-refractivity contribution >= 4 is 22.1 Å². The van der Waals surface area contributed by atoms with Crippen molar-refractivity contribution in [1.29, 1.82) is 0 Å². The number of carboxylic acid groups (broad SMARTS) is 1. The maximum atomic E-state index is 13.2. The Morgan fingerprint density at radius 2 is 1.58 bits per heavy atom. The molecule has 1 N–H and O–H groups in total. The first-order valence-corrected chi connectivity index (χ1v) is 7.58. The molecule has 3 atom stereocenters. The highest BCUT2D eigenvalue weighted by Crippen LogP contribution is 2.39. The van der Waals surface area contributed by atoms with Crippen LogP contribution in [0.4, 0.5) is 22.0 Å². The van der Waals surface area contributed by atoms with Crippen molar-refractivity contribution in [2.24, 2.45) is 11.8 Å². The number of alkyl halides is 5. The number of halogens is 5. The van der Waals surface area contributed by atoms with E-state index in [2.05, 4.69) is 4.74 Å². The van der Waals surface area contributed by atoms with Crippen molar-refractivity contribution in [2.45, 2.75) is 30.4 Å². The van der Waals surface area contributed by atoms with Gasteiger partial charge in [-0.15, -0.1) is 0 Å². The Labute approximate surface area is 131 Å². The predicted octanol–water partition coefficient (Wildman–Crippen LogP) is 1.27. The van der Waals surface area contributed by atoms with E-state index >= 15 is 0 Å². The van der Waals surface area contributed by atoms with Crippen molar-refractivity contribution in [3.05, 3.63) is 12.2 Å². The van der Waals surface area contributed by atoms with E-state index in [9.17, 15) is 44.5 Å². The third kappa shape index (κ3) is 4.20. The molecule has 0 amide bonds. The number of esters is 1. The van der Waals surface area contributed by atoms with Crippen LogP contribution in [-0.4, -0.2) is 47.6 Å². The summed E-state index contributed by atoms with van der Waals surface area (Å²) >= 11 is 0. The second-order valence-corrected chi connectivity index (χ2v) is 6.32. The van der Waals surface area contributed by atoms with Gasteiger partial charge in [-0.05, 0) is 12.8 Å². The van der Waals surface area contributed by atoms with Gasteiger partial charge in [0.2, 0.25) is 0 Å². The molecule has 0 heterocycles. The van der Waals surface area contributed by atoms with Crippen molar-refractivity contribution in [2.75, 3.05) is 0 Å². The highest BCUT2D eigenvalue weighted by Gasteiger charge is 2.63. The third-order valence-corrected chi connectivity index (χ3v) is 4.10. The minimum atomic E-state index is -6.80. The molecule has 0 aromatic rings. The molecule has 0 fully saturated rings. The molecule has 13 heteroatoms. The zero-order valence-electron chi connectivity index (χ0n) is 11.5. The van der Waals surface area contributed by atoms with Crippen molar-refractivity contribution in [3.8, 4) is 0 Å². The Kier molecular flexibility index (Phi) is 5.60. The molecule has 1 rings (SSSR count). The van der Waals surface area contributed by atoms with E-state index in [-0.39, 0.29) is 6.42 Å². The smallest absolute Gasteiger partial charge is 0.432 e. The van der Waals surface area contributed by atoms with Gasteiger partial charge in [-0.25, -0.2) is 8.42 Å². The number of aliphatic carboxylic acids is 1. The number of allylic oxidation sites excluding steroid dienone is 2. The Morgan fingerprint density at radius 1 is 1.12 bits per heavy atom. The zero-order chi connectivity index (χ0) is 18.9. The first kappa shape index (κ1) is 20.3. The van der Waals surface area contributed by atoms with Crippen molar-refractivity contribution in [3.63, 3.8) is 0 Å². The number of hydrogen-bond acceptors (Lipinski definition) is 6. The Morgan fingerprint density at radius 3 is 1.96 bits per heavy atom. The summed E-state index contributed by atoms with van der Waals surface area (Å²) in [7, 11) is -6.80. The second-order valence-electron chi connectivity index (χ2n) is 4.87. The standard InChI is InChI=1S/C11H11F5O7S/c12-10(13,14)9(11(15,16)24(20,21)22)23-8(19)6-4-2-1-3-5(6)7(17)18/h1-2,5-6,9H,3-4H2,(H,17,18)(H,20,21,22)/p-1. The van der Waals surface area contributed by atoms with E-state index in [1.807, 2.05) is 0 Å². The van der Waals surface area contributed by atoms with Crippen LogP contribution < -0.4 is 0 Å². The lowest BCUT2D eigenvalue weighted by molar-refractivity contribution is -0.261. The van der Waals surface area contributed by atoms with Gasteiger partial charge in [0.15, 0.2) is 10.1 Å². The summed E-state index contributed by atoms with van der Waals surface area (Å²) in [6.07, 6.45) is -8.73. The van der Waals surface area contributed by atoms with E-state index in [0.717, 1.165) is 0 Å². The number of carboxylic acids is 1. The van der Waals surface area contributed by atoms with Crippen molar-refractivity contribution in [1.82, 2.24) is 0 Å². The molecule has 1 aliphatic rings. The summed E-state index contributed by atoms with van der Waals surface area (Å²) in [6.45, 7) is 0. The quantitative estimate of drug-likeness (QED) is 0.329. The molecule has 138 valence electrons.